The summed E-state index contributed by atoms with van der Waals surface area (Å²) in [6, 6.07) is 4.11. The second kappa shape index (κ2) is 7.86. The number of hydrogen-bond donors (Lipinski definition) is 2. The summed E-state index contributed by atoms with van der Waals surface area (Å²) >= 11 is 0. The van der Waals surface area contributed by atoms with E-state index in [1.54, 1.807) is 20.8 Å². The van der Waals surface area contributed by atoms with E-state index in [0.717, 1.165) is 12.6 Å². The monoisotopic (exact) mass is 372 g/mol. The molecule has 0 aliphatic carbocycles. The summed E-state index contributed by atoms with van der Waals surface area (Å²) in [5.74, 6) is -0.197. The molecule has 1 saturated heterocycles. The molecule has 0 radical (unpaired) electrons. The van der Waals surface area contributed by atoms with Gasteiger partial charge >= 0.3 is 6.18 Å². The molecule has 0 spiro atoms. The lowest BCUT2D eigenvalue weighted by Gasteiger charge is -2.27. The van der Waals surface area contributed by atoms with Crippen molar-refractivity contribution in [2.24, 2.45) is 5.92 Å². The molecule has 26 heavy (non-hydrogen) atoms. The fraction of sp³-hybridized carbons (Fsp3) is 0.632. The largest absolute Gasteiger partial charge is 0.488 e. The number of carbonyl (C=O) groups is 1. The summed E-state index contributed by atoms with van der Waals surface area (Å²) in [4.78, 5) is 12.3. The third kappa shape index (κ3) is 5.90. The highest BCUT2D eigenvalue weighted by atomic mass is 19.4. The highest BCUT2D eigenvalue weighted by molar-refractivity contribution is 5.78. The van der Waals surface area contributed by atoms with Crippen LogP contribution in [0.5, 0.6) is 5.75 Å². The summed E-state index contributed by atoms with van der Waals surface area (Å²) in [6.07, 6.45) is -3.13. The molecule has 1 amide bonds. The van der Waals surface area contributed by atoms with E-state index < -0.39 is 17.3 Å². The van der Waals surface area contributed by atoms with Crippen molar-refractivity contribution >= 4 is 5.91 Å². The van der Waals surface area contributed by atoms with E-state index in [1.807, 2.05) is 6.92 Å². The van der Waals surface area contributed by atoms with Gasteiger partial charge in [0.05, 0.1) is 5.56 Å². The smallest absolute Gasteiger partial charge is 0.416 e. The maximum absolute atomic E-state index is 13.4. The third-order valence-corrected chi connectivity index (χ3v) is 4.26. The molecule has 7 heteroatoms. The van der Waals surface area contributed by atoms with E-state index in [0.29, 0.717) is 12.8 Å². The van der Waals surface area contributed by atoms with Crippen LogP contribution in [0.2, 0.25) is 0 Å². The highest BCUT2D eigenvalue weighted by Crippen LogP contribution is 2.35. The molecule has 4 nitrogen and oxygen atoms in total. The van der Waals surface area contributed by atoms with Gasteiger partial charge in [-0.15, -0.1) is 0 Å². The Morgan fingerprint density at radius 1 is 1.31 bits per heavy atom. The van der Waals surface area contributed by atoms with Crippen LogP contribution in [0.3, 0.4) is 0 Å². The van der Waals surface area contributed by atoms with Gasteiger partial charge in [0.1, 0.15) is 11.4 Å². The Balaban J connectivity index is 2.11. The number of amides is 1. The van der Waals surface area contributed by atoms with Crippen LogP contribution in [0.25, 0.3) is 0 Å². The zero-order chi connectivity index (χ0) is 19.5. The summed E-state index contributed by atoms with van der Waals surface area (Å²) in [5.41, 5.74) is -1.34. The van der Waals surface area contributed by atoms with Crippen molar-refractivity contribution in [3.05, 3.63) is 29.3 Å². The molecule has 1 aromatic rings. The molecule has 1 heterocycles. The molecule has 2 atom stereocenters. The minimum absolute atomic E-state index is 0.0362. The molecule has 146 valence electrons. The zero-order valence-corrected chi connectivity index (χ0v) is 15.7. The number of halogens is 3. The molecule has 0 aromatic heterocycles. The van der Waals surface area contributed by atoms with Crippen LogP contribution in [0, 0.1) is 5.92 Å². The predicted molar refractivity (Wildman–Crippen MR) is 93.9 cm³/mol. The van der Waals surface area contributed by atoms with Gasteiger partial charge in [-0.25, -0.2) is 0 Å². The molecule has 0 saturated carbocycles. The fourth-order valence-electron chi connectivity index (χ4n) is 3.09. The molecule has 2 N–H and O–H groups in total. The van der Waals surface area contributed by atoms with Crippen molar-refractivity contribution in [1.29, 1.82) is 0 Å². The maximum Gasteiger partial charge on any atom is 0.416 e. The van der Waals surface area contributed by atoms with Crippen LogP contribution in [0.1, 0.15) is 51.7 Å². The summed E-state index contributed by atoms with van der Waals surface area (Å²) < 4.78 is 45.8. The van der Waals surface area contributed by atoms with Crippen molar-refractivity contribution in [3.8, 4) is 5.75 Å². The minimum Gasteiger partial charge on any atom is -0.488 e. The third-order valence-electron chi connectivity index (χ3n) is 4.26. The first-order valence-electron chi connectivity index (χ1n) is 8.86. The van der Waals surface area contributed by atoms with Crippen molar-refractivity contribution in [2.75, 3.05) is 6.54 Å². The molecule has 0 bridgehead atoms. The van der Waals surface area contributed by atoms with E-state index in [-0.39, 0.29) is 35.7 Å². The minimum atomic E-state index is -4.51. The fourth-order valence-corrected chi connectivity index (χ4v) is 3.09. The first-order chi connectivity index (χ1) is 12.0. The van der Waals surface area contributed by atoms with Crippen LogP contribution < -0.4 is 15.4 Å². The number of nitrogens with one attached hydrogen (secondary N) is 2. The van der Waals surface area contributed by atoms with Gasteiger partial charge in [0.2, 0.25) is 5.91 Å². The Hall–Kier alpha value is -1.76. The lowest BCUT2D eigenvalue weighted by Crippen LogP contribution is -2.42. The Bertz CT molecular complexity index is 639. The number of piperidine rings is 1. The van der Waals surface area contributed by atoms with E-state index in [1.165, 1.54) is 12.1 Å². The Morgan fingerprint density at radius 3 is 2.58 bits per heavy atom. The van der Waals surface area contributed by atoms with Crippen LogP contribution in [-0.4, -0.2) is 24.1 Å². The molecular formula is C19H27F3N2O2. The van der Waals surface area contributed by atoms with E-state index >= 15 is 0 Å². The van der Waals surface area contributed by atoms with Gasteiger partial charge in [-0.1, -0.05) is 6.07 Å². The molecule has 1 aromatic carbocycles. The molecule has 2 rings (SSSR count). The van der Waals surface area contributed by atoms with Crippen molar-refractivity contribution < 1.29 is 22.7 Å². The van der Waals surface area contributed by atoms with E-state index in [4.69, 9.17) is 4.74 Å². The predicted octanol–water partition coefficient (Wildman–Crippen LogP) is 3.89. The van der Waals surface area contributed by atoms with E-state index in [2.05, 4.69) is 10.6 Å². The van der Waals surface area contributed by atoms with Gasteiger partial charge in [-0.05, 0) is 64.8 Å². The maximum atomic E-state index is 13.4. The SMILES string of the molecule is C[C@H]1C[C@@H](C(=O)NCc2ccc(OC(C)(C)C)cc2C(F)(F)F)CCN1. The number of alkyl halides is 3. The normalized spacial score (nSPS) is 21.3. The van der Waals surface area contributed by atoms with Crippen LogP contribution in [0.4, 0.5) is 13.2 Å². The van der Waals surface area contributed by atoms with Gasteiger partial charge in [0.25, 0.3) is 0 Å². The van der Waals surface area contributed by atoms with Crippen molar-refractivity contribution in [2.45, 2.75) is 64.9 Å². The van der Waals surface area contributed by atoms with Crippen LogP contribution in [-0.2, 0) is 17.5 Å². The van der Waals surface area contributed by atoms with Crippen molar-refractivity contribution in [1.82, 2.24) is 10.6 Å². The standard InChI is InChI=1S/C19H27F3N2O2/c1-12-9-13(7-8-23-12)17(25)24-11-14-5-6-15(26-18(2,3)4)10-16(14)19(20,21)22/h5-6,10,12-13,23H,7-9,11H2,1-4H3,(H,24,25)/t12-,13-/m0/s1. The lowest BCUT2D eigenvalue weighted by atomic mass is 9.92. The summed E-state index contributed by atoms with van der Waals surface area (Å²) in [6.45, 7) is 7.90. The highest BCUT2D eigenvalue weighted by Gasteiger charge is 2.34. The average molecular weight is 372 g/mol. The topological polar surface area (TPSA) is 50.4 Å². The Kier molecular flexibility index (Phi) is 6.21. The van der Waals surface area contributed by atoms with Gasteiger partial charge < -0.3 is 15.4 Å². The van der Waals surface area contributed by atoms with Crippen molar-refractivity contribution in [3.63, 3.8) is 0 Å². The first-order valence-corrected chi connectivity index (χ1v) is 8.86. The number of rotatable bonds is 4. The number of benzene rings is 1. The van der Waals surface area contributed by atoms with E-state index in [9.17, 15) is 18.0 Å². The zero-order valence-electron chi connectivity index (χ0n) is 15.7. The molecule has 1 fully saturated rings. The summed E-state index contributed by atoms with van der Waals surface area (Å²) in [7, 11) is 0. The first kappa shape index (κ1) is 20.6. The molecular weight excluding hydrogens is 345 g/mol. The lowest BCUT2D eigenvalue weighted by molar-refractivity contribution is -0.138. The average Bonchev–Trinajstić information content (AvgIpc) is 2.51. The quantitative estimate of drug-likeness (QED) is 0.843. The van der Waals surface area contributed by atoms with Gasteiger partial charge in [0.15, 0.2) is 0 Å². The molecule has 1 aliphatic rings. The second-order valence-corrected chi connectivity index (χ2v) is 7.83. The van der Waals surface area contributed by atoms with Gasteiger partial charge in [-0.2, -0.15) is 13.2 Å². The Morgan fingerprint density at radius 2 is 2.00 bits per heavy atom. The number of ether oxygens (including phenoxy) is 1. The van der Waals surface area contributed by atoms with Crippen LogP contribution >= 0.6 is 0 Å². The molecule has 0 unspecified atom stereocenters. The summed E-state index contributed by atoms with van der Waals surface area (Å²) in [5, 5.41) is 5.91. The van der Waals surface area contributed by atoms with Crippen LogP contribution in [0.15, 0.2) is 18.2 Å². The van der Waals surface area contributed by atoms with Gasteiger partial charge in [-0.3, -0.25) is 4.79 Å². The number of hydrogen-bond acceptors (Lipinski definition) is 3. The van der Waals surface area contributed by atoms with Gasteiger partial charge in [0, 0.05) is 18.5 Å². The second-order valence-electron chi connectivity index (χ2n) is 7.83. The molecule has 1 aliphatic heterocycles. The number of carbonyl (C=O) groups excluding carboxylic acids is 1. The Labute approximate surface area is 152 Å².